The molecule has 1 atom stereocenters. The van der Waals surface area contributed by atoms with Gasteiger partial charge in [-0.15, -0.1) is 0 Å². The zero-order valence-electron chi connectivity index (χ0n) is 16.5. The molecule has 1 aliphatic heterocycles. The monoisotopic (exact) mass is 371 g/mol. The number of phenolic OH excluding ortho intramolecular Hbond substituents is 1. The number of carbonyl (C=O) groups is 1. The number of nitrogens with two attached hydrogens (primary N) is 1. The molecule has 0 aliphatic carbocycles. The normalized spacial score (nSPS) is 17.2. The van der Waals surface area contributed by atoms with Gasteiger partial charge in [-0.05, 0) is 63.0 Å². The predicted octanol–water partition coefficient (Wildman–Crippen LogP) is 4.00. The van der Waals surface area contributed by atoms with Crippen molar-refractivity contribution in [3.05, 3.63) is 53.8 Å². The van der Waals surface area contributed by atoms with Crippen molar-refractivity contribution >= 4 is 17.9 Å². The first-order valence-corrected chi connectivity index (χ1v) is 8.93. The molecular formula is C21H29N3O3. The number of allylic oxidation sites excluding steroid dienone is 3. The molecule has 6 heteroatoms. The lowest BCUT2D eigenvalue weighted by Gasteiger charge is -2.33. The van der Waals surface area contributed by atoms with Crippen LogP contribution in [0.2, 0.25) is 0 Å². The minimum atomic E-state index is -0.520. The van der Waals surface area contributed by atoms with E-state index in [1.807, 2.05) is 39.1 Å². The van der Waals surface area contributed by atoms with Crippen molar-refractivity contribution in [3.8, 4) is 5.75 Å². The largest absolute Gasteiger partial charge is 0.508 e. The van der Waals surface area contributed by atoms with Crippen LogP contribution in [0.4, 0.5) is 10.5 Å². The predicted molar refractivity (Wildman–Crippen MR) is 109 cm³/mol. The third-order valence-electron chi connectivity index (χ3n) is 4.23. The second-order valence-corrected chi connectivity index (χ2v) is 7.65. The van der Waals surface area contributed by atoms with Crippen LogP contribution in [0.5, 0.6) is 5.75 Å². The van der Waals surface area contributed by atoms with Crippen molar-refractivity contribution in [3.63, 3.8) is 0 Å². The number of aromatic hydroxyl groups is 1. The van der Waals surface area contributed by atoms with E-state index in [4.69, 9.17) is 10.5 Å². The molecule has 0 fully saturated rings. The Kier molecular flexibility index (Phi) is 6.20. The first kappa shape index (κ1) is 20.4. The summed E-state index contributed by atoms with van der Waals surface area (Å²) in [5.41, 5.74) is 8.62. The highest BCUT2D eigenvalue weighted by atomic mass is 16.6. The minimum Gasteiger partial charge on any atom is -0.508 e. The number of anilines is 1. The quantitative estimate of drug-likeness (QED) is 0.423. The van der Waals surface area contributed by atoms with Gasteiger partial charge in [0, 0.05) is 24.5 Å². The van der Waals surface area contributed by atoms with Crippen molar-refractivity contribution in [2.75, 3.05) is 12.8 Å². The van der Waals surface area contributed by atoms with Gasteiger partial charge in [0.2, 0.25) is 0 Å². The zero-order chi connectivity index (χ0) is 20.2. The van der Waals surface area contributed by atoms with Gasteiger partial charge in [0.15, 0.2) is 0 Å². The number of nitrogen functional groups attached to an aromatic ring is 1. The lowest BCUT2D eigenvalue weighted by atomic mass is 9.98. The van der Waals surface area contributed by atoms with Gasteiger partial charge in [-0.25, -0.2) is 4.79 Å². The lowest BCUT2D eigenvalue weighted by molar-refractivity contribution is 0.0191. The zero-order valence-corrected chi connectivity index (χ0v) is 16.5. The number of hydrogen-bond donors (Lipinski definition) is 3. The van der Waals surface area contributed by atoms with Gasteiger partial charge in [0.1, 0.15) is 17.5 Å². The maximum atomic E-state index is 12.2. The van der Waals surface area contributed by atoms with Crippen LogP contribution in [-0.2, 0) is 4.74 Å². The van der Waals surface area contributed by atoms with Gasteiger partial charge in [0.05, 0.1) is 0 Å². The summed E-state index contributed by atoms with van der Waals surface area (Å²) in [5, 5.41) is 12.8. The number of ether oxygens (including phenoxy) is 1. The van der Waals surface area contributed by atoms with Crippen LogP contribution in [0.3, 0.4) is 0 Å². The third-order valence-corrected chi connectivity index (χ3v) is 4.23. The van der Waals surface area contributed by atoms with Gasteiger partial charge in [-0.3, -0.25) is 4.90 Å². The molecule has 0 aromatic heterocycles. The van der Waals surface area contributed by atoms with E-state index in [2.05, 4.69) is 11.9 Å². The molecule has 1 amide bonds. The van der Waals surface area contributed by atoms with E-state index < -0.39 is 5.60 Å². The van der Waals surface area contributed by atoms with E-state index in [9.17, 15) is 9.90 Å². The SMILES string of the molecule is C=C(/C=C\c1cc(O)ccc1N)C1=CN[C@H](N(C)C(=O)OC(C)(C)C)CC1. The second-order valence-electron chi connectivity index (χ2n) is 7.65. The van der Waals surface area contributed by atoms with E-state index in [0.29, 0.717) is 5.69 Å². The number of nitrogens with one attached hydrogen (secondary N) is 1. The molecular weight excluding hydrogens is 342 g/mol. The molecule has 27 heavy (non-hydrogen) atoms. The Morgan fingerprint density at radius 3 is 2.74 bits per heavy atom. The number of benzene rings is 1. The first-order valence-electron chi connectivity index (χ1n) is 8.93. The van der Waals surface area contributed by atoms with Crippen LogP contribution in [0.15, 0.2) is 48.2 Å². The number of hydrogen-bond acceptors (Lipinski definition) is 5. The Labute approximate surface area is 161 Å². The Bertz CT molecular complexity index is 775. The number of rotatable bonds is 4. The summed E-state index contributed by atoms with van der Waals surface area (Å²) in [6.45, 7) is 9.64. The van der Waals surface area contributed by atoms with Crippen molar-refractivity contribution in [1.82, 2.24) is 10.2 Å². The molecule has 0 unspecified atom stereocenters. The fourth-order valence-electron chi connectivity index (χ4n) is 2.67. The second kappa shape index (κ2) is 8.20. The van der Waals surface area contributed by atoms with Crippen molar-refractivity contribution in [2.24, 2.45) is 0 Å². The molecule has 0 radical (unpaired) electrons. The standard InChI is InChI=1S/C21H29N3O3/c1-14(6-7-15-12-17(25)9-10-18(15)22)16-8-11-19(23-13-16)24(5)20(26)27-21(2,3)4/h6-7,9-10,12-13,19,23,25H,1,8,11,22H2,2-5H3/b7-6-/t19-/m1/s1. The average Bonchev–Trinajstić information content (AvgIpc) is 2.60. The molecule has 1 aromatic rings. The van der Waals surface area contributed by atoms with Gasteiger partial charge in [-0.1, -0.05) is 18.7 Å². The lowest BCUT2D eigenvalue weighted by Crippen LogP contribution is -2.48. The van der Waals surface area contributed by atoms with E-state index in [0.717, 1.165) is 29.6 Å². The van der Waals surface area contributed by atoms with Crippen LogP contribution in [0.1, 0.15) is 39.2 Å². The number of amides is 1. The first-order chi connectivity index (χ1) is 12.6. The maximum Gasteiger partial charge on any atom is 0.411 e. The molecule has 0 saturated heterocycles. The molecule has 1 heterocycles. The Hall–Kier alpha value is -2.89. The number of nitrogens with zero attached hydrogens (tertiary/aromatic N) is 1. The Morgan fingerprint density at radius 2 is 2.15 bits per heavy atom. The summed E-state index contributed by atoms with van der Waals surface area (Å²) >= 11 is 0. The summed E-state index contributed by atoms with van der Waals surface area (Å²) in [6.07, 6.45) is 6.64. The Morgan fingerprint density at radius 1 is 1.44 bits per heavy atom. The summed E-state index contributed by atoms with van der Waals surface area (Å²) in [4.78, 5) is 13.7. The van der Waals surface area contributed by atoms with Crippen LogP contribution >= 0.6 is 0 Å². The highest BCUT2D eigenvalue weighted by molar-refractivity contribution is 5.69. The highest BCUT2D eigenvalue weighted by Gasteiger charge is 2.26. The van der Waals surface area contributed by atoms with E-state index in [1.165, 1.54) is 0 Å². The fourth-order valence-corrected chi connectivity index (χ4v) is 2.67. The van der Waals surface area contributed by atoms with Crippen LogP contribution < -0.4 is 11.1 Å². The van der Waals surface area contributed by atoms with Crippen molar-refractivity contribution in [1.29, 1.82) is 0 Å². The molecule has 0 spiro atoms. The van der Waals surface area contributed by atoms with E-state index in [-0.39, 0.29) is 18.0 Å². The summed E-state index contributed by atoms with van der Waals surface area (Å²) < 4.78 is 5.40. The average molecular weight is 371 g/mol. The summed E-state index contributed by atoms with van der Waals surface area (Å²) in [6, 6.07) is 4.82. The minimum absolute atomic E-state index is 0.123. The van der Waals surface area contributed by atoms with Crippen LogP contribution in [-0.4, -0.2) is 34.9 Å². The number of carbonyl (C=O) groups excluding carboxylic acids is 1. The van der Waals surface area contributed by atoms with Gasteiger partial charge in [-0.2, -0.15) is 0 Å². The molecule has 0 bridgehead atoms. The number of phenols is 1. The molecule has 6 nitrogen and oxygen atoms in total. The van der Waals surface area contributed by atoms with Gasteiger partial charge < -0.3 is 20.9 Å². The molecule has 2 rings (SSSR count). The molecule has 146 valence electrons. The third kappa shape index (κ3) is 5.81. The van der Waals surface area contributed by atoms with Crippen molar-refractivity contribution < 1.29 is 14.6 Å². The molecule has 1 aromatic carbocycles. The topological polar surface area (TPSA) is 87.8 Å². The Balaban J connectivity index is 1.98. The van der Waals surface area contributed by atoms with Gasteiger partial charge in [0.25, 0.3) is 0 Å². The van der Waals surface area contributed by atoms with Crippen molar-refractivity contribution in [2.45, 2.75) is 45.4 Å². The summed E-state index contributed by atoms with van der Waals surface area (Å²) in [7, 11) is 1.73. The molecule has 0 saturated carbocycles. The van der Waals surface area contributed by atoms with E-state index in [1.54, 1.807) is 30.1 Å². The van der Waals surface area contributed by atoms with Crippen LogP contribution in [0, 0.1) is 0 Å². The molecule has 4 N–H and O–H groups in total. The fraction of sp³-hybridized carbons (Fsp3) is 0.381. The van der Waals surface area contributed by atoms with E-state index >= 15 is 0 Å². The van der Waals surface area contributed by atoms with Gasteiger partial charge >= 0.3 is 6.09 Å². The molecule has 1 aliphatic rings. The summed E-state index contributed by atoms with van der Waals surface area (Å²) in [5.74, 6) is 0.168. The smallest absolute Gasteiger partial charge is 0.411 e. The van der Waals surface area contributed by atoms with Crippen LogP contribution in [0.25, 0.3) is 6.08 Å². The highest BCUT2D eigenvalue weighted by Crippen LogP contribution is 2.25. The maximum absolute atomic E-state index is 12.2.